The van der Waals surface area contributed by atoms with E-state index >= 15 is 0 Å². The monoisotopic (exact) mass is 770 g/mol. The Balaban J connectivity index is 2.05. The first-order valence-electron chi connectivity index (χ1n) is 22.9. The van der Waals surface area contributed by atoms with Crippen LogP contribution in [0.1, 0.15) is 213 Å². The zero-order valence-electron chi connectivity index (χ0n) is 35.0. The highest BCUT2D eigenvalue weighted by molar-refractivity contribution is 5.76. The van der Waals surface area contributed by atoms with Crippen molar-refractivity contribution in [2.45, 2.75) is 256 Å². The summed E-state index contributed by atoms with van der Waals surface area (Å²) in [6.07, 6.45) is 34.5. The Kier molecular flexibility index (Phi) is 34.2. The number of carbonyl (C=O) groups is 1. The summed E-state index contributed by atoms with van der Waals surface area (Å²) in [5.74, 6) is -0.151. The first-order valence-corrected chi connectivity index (χ1v) is 22.9. The molecule has 1 rings (SSSR count). The van der Waals surface area contributed by atoms with E-state index in [2.05, 4.69) is 31.3 Å². The number of allylic oxidation sites excluding steroid dienone is 2. The van der Waals surface area contributed by atoms with Crippen molar-refractivity contribution < 1.29 is 39.8 Å². The van der Waals surface area contributed by atoms with Crippen LogP contribution in [0, 0.1) is 0 Å². The predicted octanol–water partition coefficient (Wildman–Crippen LogP) is 9.34. The number of amides is 1. The number of rotatable bonds is 38. The van der Waals surface area contributed by atoms with E-state index in [-0.39, 0.29) is 12.5 Å². The van der Waals surface area contributed by atoms with Crippen LogP contribution < -0.4 is 5.32 Å². The Labute approximate surface area is 331 Å². The van der Waals surface area contributed by atoms with Gasteiger partial charge in [0.1, 0.15) is 24.4 Å². The molecule has 0 spiro atoms. The van der Waals surface area contributed by atoms with Crippen LogP contribution in [0.3, 0.4) is 0 Å². The van der Waals surface area contributed by atoms with Crippen molar-refractivity contribution in [3.8, 4) is 0 Å². The second-order valence-electron chi connectivity index (χ2n) is 16.2. The maximum absolute atomic E-state index is 12.8. The minimum Gasteiger partial charge on any atom is -0.394 e. The Morgan fingerprint density at radius 1 is 0.611 bits per heavy atom. The number of aliphatic hydroxyl groups excluding tert-OH is 5. The zero-order valence-corrected chi connectivity index (χ0v) is 35.0. The normalized spacial score (nSPS) is 21.5. The summed E-state index contributed by atoms with van der Waals surface area (Å²) in [6, 6.07) is -0.710. The van der Waals surface area contributed by atoms with Crippen molar-refractivity contribution in [3.05, 3.63) is 12.2 Å². The van der Waals surface area contributed by atoms with Gasteiger partial charge in [0.15, 0.2) is 6.29 Å². The second kappa shape index (κ2) is 36.3. The second-order valence-corrected chi connectivity index (χ2v) is 16.2. The molecule has 1 aliphatic heterocycles. The number of carbonyl (C=O) groups excluding carboxylic acids is 1. The molecule has 1 fully saturated rings. The van der Waals surface area contributed by atoms with Gasteiger partial charge in [-0.05, 0) is 38.5 Å². The van der Waals surface area contributed by atoms with Crippen LogP contribution in [0.4, 0.5) is 0 Å². The molecule has 9 heteroatoms. The molecule has 9 nitrogen and oxygen atoms in total. The lowest BCUT2D eigenvalue weighted by Gasteiger charge is -2.40. The molecule has 0 aliphatic carbocycles. The van der Waals surface area contributed by atoms with E-state index in [0.717, 1.165) is 44.9 Å². The lowest BCUT2D eigenvalue weighted by atomic mass is 9.99. The highest BCUT2D eigenvalue weighted by Gasteiger charge is 2.44. The fraction of sp³-hybridized carbons (Fsp3) is 0.933. The van der Waals surface area contributed by atoms with E-state index in [1.165, 1.54) is 141 Å². The van der Waals surface area contributed by atoms with Gasteiger partial charge in [-0.2, -0.15) is 0 Å². The van der Waals surface area contributed by atoms with E-state index in [0.29, 0.717) is 12.8 Å². The molecule has 0 aromatic carbocycles. The van der Waals surface area contributed by atoms with Gasteiger partial charge in [-0.1, -0.05) is 180 Å². The Bertz CT molecular complexity index is 858. The number of aliphatic hydroxyl groups is 5. The van der Waals surface area contributed by atoms with Gasteiger partial charge in [-0.15, -0.1) is 0 Å². The molecule has 0 aromatic rings. The van der Waals surface area contributed by atoms with Gasteiger partial charge in [0, 0.05) is 6.42 Å². The summed E-state index contributed by atoms with van der Waals surface area (Å²) < 4.78 is 11.1. The lowest BCUT2D eigenvalue weighted by Crippen LogP contribution is -2.60. The fourth-order valence-corrected chi connectivity index (χ4v) is 7.39. The first-order chi connectivity index (χ1) is 26.3. The molecular formula is C45H87NO8. The molecule has 0 aromatic heterocycles. The number of unbranched alkanes of at least 4 members (excludes halogenated alkanes) is 26. The van der Waals surface area contributed by atoms with Crippen LogP contribution in [-0.4, -0.2) is 87.5 Å². The van der Waals surface area contributed by atoms with E-state index in [1.807, 2.05) is 0 Å². The third-order valence-corrected chi connectivity index (χ3v) is 11.1. The summed E-state index contributed by atoms with van der Waals surface area (Å²) in [6.45, 7) is 3.71. The van der Waals surface area contributed by atoms with Gasteiger partial charge in [-0.3, -0.25) is 4.79 Å². The lowest BCUT2D eigenvalue weighted by molar-refractivity contribution is -0.302. The minimum absolute atomic E-state index is 0.138. The van der Waals surface area contributed by atoms with Crippen LogP contribution in [0.5, 0.6) is 0 Å². The summed E-state index contributed by atoms with van der Waals surface area (Å²) >= 11 is 0. The quantitative estimate of drug-likeness (QED) is 0.0269. The molecule has 0 radical (unpaired) electrons. The van der Waals surface area contributed by atoms with E-state index in [9.17, 15) is 30.3 Å². The van der Waals surface area contributed by atoms with Crippen molar-refractivity contribution in [3.63, 3.8) is 0 Å². The van der Waals surface area contributed by atoms with Crippen molar-refractivity contribution in [1.29, 1.82) is 0 Å². The van der Waals surface area contributed by atoms with Crippen molar-refractivity contribution in [1.82, 2.24) is 5.32 Å². The molecule has 1 aliphatic rings. The number of hydrogen-bond acceptors (Lipinski definition) is 8. The Hall–Kier alpha value is -1.07. The highest BCUT2D eigenvalue weighted by Crippen LogP contribution is 2.23. The largest absolute Gasteiger partial charge is 0.394 e. The number of hydrogen-bond donors (Lipinski definition) is 6. The van der Waals surface area contributed by atoms with Crippen LogP contribution >= 0.6 is 0 Å². The van der Waals surface area contributed by atoms with Crippen LogP contribution in [0.25, 0.3) is 0 Å². The molecule has 1 saturated heterocycles. The summed E-state index contributed by atoms with van der Waals surface area (Å²) in [7, 11) is 0. The molecule has 7 unspecified atom stereocenters. The molecule has 0 saturated carbocycles. The zero-order chi connectivity index (χ0) is 39.5. The van der Waals surface area contributed by atoms with Crippen molar-refractivity contribution in [2.24, 2.45) is 0 Å². The predicted molar refractivity (Wildman–Crippen MR) is 221 cm³/mol. The van der Waals surface area contributed by atoms with E-state index < -0.39 is 49.5 Å². The molecule has 0 bridgehead atoms. The Morgan fingerprint density at radius 2 is 1.04 bits per heavy atom. The maximum atomic E-state index is 12.8. The van der Waals surface area contributed by atoms with Crippen LogP contribution in [0.2, 0.25) is 0 Å². The standard InChI is InChI=1S/C45H87NO8/c1-3-5-7-9-10-11-12-13-14-15-16-17-18-19-20-21-22-23-24-25-26-27-28-29-30-31-33-35-41(49)46-38(39(48)34-32-8-6-4-2)37-53-45-44(52)43(51)42(50)40(36-47)54-45/h15-16,38-40,42-45,47-48,50-52H,3-14,17-37H2,1-2H3,(H,46,49)/b16-15-. The smallest absolute Gasteiger partial charge is 0.220 e. The van der Waals surface area contributed by atoms with Crippen LogP contribution in [0.15, 0.2) is 12.2 Å². The molecular weight excluding hydrogens is 682 g/mol. The SMILES string of the molecule is CCCCCCCCCC/C=C\CCCCCCCCCCCCCCCCCC(=O)NC(COC1OC(CO)C(O)C(O)C1O)C(O)CCCCCC. The molecule has 6 N–H and O–H groups in total. The van der Waals surface area contributed by atoms with Gasteiger partial charge in [0.2, 0.25) is 5.91 Å². The minimum atomic E-state index is -1.55. The third-order valence-electron chi connectivity index (χ3n) is 11.1. The maximum Gasteiger partial charge on any atom is 0.220 e. The first kappa shape index (κ1) is 50.9. The third kappa shape index (κ3) is 26.7. The summed E-state index contributed by atoms with van der Waals surface area (Å²) in [4.78, 5) is 12.8. The van der Waals surface area contributed by atoms with Gasteiger partial charge in [0.05, 0.1) is 25.4 Å². The van der Waals surface area contributed by atoms with Gasteiger partial charge in [0.25, 0.3) is 0 Å². The molecule has 7 atom stereocenters. The Morgan fingerprint density at radius 3 is 1.50 bits per heavy atom. The van der Waals surface area contributed by atoms with Gasteiger partial charge < -0.3 is 40.3 Å². The van der Waals surface area contributed by atoms with E-state index in [4.69, 9.17) is 9.47 Å². The summed E-state index contributed by atoms with van der Waals surface area (Å²) in [5, 5.41) is 53.7. The topological polar surface area (TPSA) is 149 Å². The molecule has 1 heterocycles. The van der Waals surface area contributed by atoms with E-state index in [1.54, 1.807) is 0 Å². The molecule has 1 amide bonds. The van der Waals surface area contributed by atoms with Crippen LogP contribution in [-0.2, 0) is 14.3 Å². The number of nitrogens with one attached hydrogen (secondary N) is 1. The summed E-state index contributed by atoms with van der Waals surface area (Å²) in [5.41, 5.74) is 0. The van der Waals surface area contributed by atoms with Crippen molar-refractivity contribution in [2.75, 3.05) is 13.2 Å². The average molecular weight is 770 g/mol. The molecule has 320 valence electrons. The average Bonchev–Trinajstić information content (AvgIpc) is 3.17. The fourth-order valence-electron chi connectivity index (χ4n) is 7.39. The highest BCUT2D eigenvalue weighted by atomic mass is 16.7. The van der Waals surface area contributed by atoms with Gasteiger partial charge in [-0.25, -0.2) is 0 Å². The number of ether oxygens (including phenoxy) is 2. The van der Waals surface area contributed by atoms with Crippen molar-refractivity contribution >= 4 is 5.91 Å². The molecule has 54 heavy (non-hydrogen) atoms. The van der Waals surface area contributed by atoms with Gasteiger partial charge >= 0.3 is 0 Å².